The van der Waals surface area contributed by atoms with Crippen molar-refractivity contribution in [3.8, 4) is 0 Å². The van der Waals surface area contributed by atoms with E-state index in [1.165, 1.54) is 103 Å². The minimum Gasteiger partial charge on any atom is -0.302 e. The van der Waals surface area contributed by atoms with Gasteiger partial charge >= 0.3 is 0 Å². The number of aldehydes is 1. The van der Waals surface area contributed by atoms with Gasteiger partial charge in [0.2, 0.25) is 0 Å². The second kappa shape index (κ2) is 20.1. The monoisotopic (exact) mass is 342 g/mol. The molecule has 1 nitrogen and oxygen atoms in total. The van der Waals surface area contributed by atoms with Crippen LogP contribution in [0.25, 0.3) is 0 Å². The summed E-state index contributed by atoms with van der Waals surface area (Å²) in [6.07, 6.45) is 23.8. The summed E-state index contributed by atoms with van der Waals surface area (Å²) < 4.78 is 0. The van der Waals surface area contributed by atoms with E-state index in [0.29, 0.717) is 0 Å². The van der Waals surface area contributed by atoms with Crippen molar-refractivity contribution in [2.24, 2.45) is 0 Å². The Kier molecular flexibility index (Phi) is 20.1. The molecule has 0 radical (unpaired) electrons. The van der Waals surface area contributed by atoms with Crippen LogP contribution in [0.2, 0.25) is 0 Å². The molecule has 0 spiro atoms. The Morgan fingerprint density at radius 3 is 1.35 bits per heavy atom. The van der Waals surface area contributed by atoms with E-state index >= 15 is 0 Å². The maximum Gasteiger partial charge on any atom is 0.132 e. The van der Waals surface area contributed by atoms with E-state index in [4.69, 9.17) is 0 Å². The lowest BCUT2D eigenvalue weighted by molar-refractivity contribution is -0.107. The summed E-state index contributed by atoms with van der Waals surface area (Å²) in [5.41, 5.74) is 0. The van der Waals surface area contributed by atoms with Crippen molar-refractivity contribution in [2.45, 2.75) is 122 Å². The molecule has 1 atom stereocenters. The Balaban J connectivity index is 2.99. The molecule has 0 bridgehead atoms. The van der Waals surface area contributed by atoms with Crippen LogP contribution in [-0.4, -0.2) is 17.3 Å². The highest BCUT2D eigenvalue weighted by Gasteiger charge is 1.99. The van der Waals surface area contributed by atoms with Crippen molar-refractivity contribution in [2.75, 3.05) is 5.75 Å². The summed E-state index contributed by atoms with van der Waals surface area (Å²) in [7, 11) is 0. The van der Waals surface area contributed by atoms with Crippen LogP contribution in [-0.2, 0) is 4.79 Å². The van der Waals surface area contributed by atoms with Gasteiger partial charge in [0.25, 0.3) is 0 Å². The second-order valence-electron chi connectivity index (χ2n) is 7.02. The first-order valence-corrected chi connectivity index (χ1v) is 11.4. The van der Waals surface area contributed by atoms with Crippen LogP contribution in [0.3, 0.4) is 0 Å². The average Bonchev–Trinajstić information content (AvgIpc) is 2.57. The van der Waals surface area contributed by atoms with E-state index in [2.05, 4.69) is 6.92 Å². The molecule has 0 aromatic heterocycles. The first kappa shape index (κ1) is 23.0. The third kappa shape index (κ3) is 20.0. The minimum atomic E-state index is 0.186. The maximum absolute atomic E-state index is 10.5. The van der Waals surface area contributed by atoms with Crippen LogP contribution in [0, 0.1) is 0 Å². The third-order valence-electron chi connectivity index (χ3n) is 4.57. The van der Waals surface area contributed by atoms with E-state index < -0.39 is 0 Å². The van der Waals surface area contributed by atoms with Crippen molar-refractivity contribution >= 4 is 18.0 Å². The number of hydrogen-bond acceptors (Lipinski definition) is 2. The Bertz CT molecular complexity index is 230. The largest absolute Gasteiger partial charge is 0.302 e. The Morgan fingerprint density at radius 1 is 0.652 bits per heavy atom. The van der Waals surface area contributed by atoms with Crippen LogP contribution in [0.4, 0.5) is 0 Å². The zero-order valence-corrected chi connectivity index (χ0v) is 16.8. The van der Waals surface area contributed by atoms with Gasteiger partial charge in [0.05, 0.1) is 5.25 Å². The molecule has 0 aromatic carbocycles. The molecule has 0 aliphatic rings. The zero-order chi connectivity index (χ0) is 17.0. The molecule has 0 rings (SSSR count). The molecule has 0 amide bonds. The molecule has 0 aromatic rings. The van der Waals surface area contributed by atoms with E-state index in [9.17, 15) is 4.79 Å². The molecule has 23 heavy (non-hydrogen) atoms. The average molecular weight is 343 g/mol. The van der Waals surface area contributed by atoms with Crippen molar-refractivity contribution < 1.29 is 4.79 Å². The third-order valence-corrected chi connectivity index (χ3v) is 5.73. The van der Waals surface area contributed by atoms with Gasteiger partial charge < -0.3 is 4.79 Å². The highest BCUT2D eigenvalue weighted by Crippen LogP contribution is 2.15. The SMILES string of the molecule is CCCCCCCCCCCCCCCCCCSC(C)C=O. The smallest absolute Gasteiger partial charge is 0.132 e. The summed E-state index contributed by atoms with van der Waals surface area (Å²) in [6.45, 7) is 4.28. The molecule has 0 heterocycles. The highest BCUT2D eigenvalue weighted by molar-refractivity contribution is 8.00. The Morgan fingerprint density at radius 2 is 1.00 bits per heavy atom. The molecule has 138 valence electrons. The van der Waals surface area contributed by atoms with Gasteiger partial charge in [-0.3, -0.25) is 0 Å². The minimum absolute atomic E-state index is 0.186. The van der Waals surface area contributed by atoms with Crippen molar-refractivity contribution in [1.82, 2.24) is 0 Å². The fraction of sp³-hybridized carbons (Fsp3) is 0.952. The van der Waals surface area contributed by atoms with E-state index in [1.807, 2.05) is 6.92 Å². The van der Waals surface area contributed by atoms with Crippen molar-refractivity contribution in [1.29, 1.82) is 0 Å². The summed E-state index contributed by atoms with van der Waals surface area (Å²) in [6, 6.07) is 0. The summed E-state index contributed by atoms with van der Waals surface area (Å²) in [5.74, 6) is 1.15. The van der Waals surface area contributed by atoms with Gasteiger partial charge in [0.1, 0.15) is 6.29 Å². The van der Waals surface area contributed by atoms with E-state index in [1.54, 1.807) is 11.8 Å². The van der Waals surface area contributed by atoms with Crippen molar-refractivity contribution in [3.05, 3.63) is 0 Å². The normalized spacial score (nSPS) is 12.4. The van der Waals surface area contributed by atoms with Gasteiger partial charge in [-0.05, 0) is 19.1 Å². The molecule has 0 fully saturated rings. The van der Waals surface area contributed by atoms with Gasteiger partial charge in [0.15, 0.2) is 0 Å². The Labute approximate surface area is 150 Å². The van der Waals surface area contributed by atoms with Crippen molar-refractivity contribution in [3.63, 3.8) is 0 Å². The van der Waals surface area contributed by atoms with E-state index in [-0.39, 0.29) is 5.25 Å². The molecular weight excluding hydrogens is 300 g/mol. The van der Waals surface area contributed by atoms with Crippen LogP contribution in [0.1, 0.15) is 117 Å². The molecule has 0 N–H and O–H groups in total. The quantitative estimate of drug-likeness (QED) is 0.178. The molecule has 0 aliphatic carbocycles. The number of unbranched alkanes of at least 4 members (excludes halogenated alkanes) is 15. The van der Waals surface area contributed by atoms with Gasteiger partial charge in [-0.25, -0.2) is 0 Å². The van der Waals surface area contributed by atoms with Crippen LogP contribution >= 0.6 is 11.8 Å². The number of rotatable bonds is 19. The highest BCUT2D eigenvalue weighted by atomic mass is 32.2. The predicted octanol–water partition coefficient (Wildman–Crippen LogP) is 7.57. The molecule has 0 aliphatic heterocycles. The molecule has 0 saturated heterocycles. The van der Waals surface area contributed by atoms with Gasteiger partial charge in [0, 0.05) is 0 Å². The van der Waals surface area contributed by atoms with Crippen LogP contribution < -0.4 is 0 Å². The number of carbonyl (C=O) groups is 1. The molecule has 2 heteroatoms. The first-order valence-electron chi connectivity index (χ1n) is 10.4. The molecular formula is C21H42OS. The second-order valence-corrected chi connectivity index (χ2v) is 8.50. The first-order chi connectivity index (χ1) is 11.3. The summed E-state index contributed by atoms with van der Waals surface area (Å²) in [5, 5.41) is 0.186. The predicted molar refractivity (Wildman–Crippen MR) is 108 cm³/mol. The van der Waals surface area contributed by atoms with Gasteiger partial charge in [-0.15, -0.1) is 0 Å². The van der Waals surface area contributed by atoms with Gasteiger partial charge in [-0.1, -0.05) is 103 Å². The van der Waals surface area contributed by atoms with Crippen LogP contribution in [0.5, 0.6) is 0 Å². The lowest BCUT2D eigenvalue weighted by Gasteiger charge is -2.04. The number of carbonyl (C=O) groups excluding carboxylic acids is 1. The zero-order valence-electron chi connectivity index (χ0n) is 16.0. The molecule has 1 unspecified atom stereocenters. The lowest BCUT2D eigenvalue weighted by Crippen LogP contribution is -1.97. The lowest BCUT2D eigenvalue weighted by atomic mass is 10.0. The fourth-order valence-electron chi connectivity index (χ4n) is 2.96. The summed E-state index contributed by atoms with van der Waals surface area (Å²) in [4.78, 5) is 10.5. The fourth-order valence-corrected chi connectivity index (χ4v) is 3.78. The maximum atomic E-state index is 10.5. The van der Waals surface area contributed by atoms with Crippen LogP contribution in [0.15, 0.2) is 0 Å². The summed E-state index contributed by atoms with van der Waals surface area (Å²) >= 11 is 1.79. The molecule has 0 saturated carbocycles. The number of thioether (sulfide) groups is 1. The number of hydrogen-bond donors (Lipinski definition) is 0. The van der Waals surface area contributed by atoms with Gasteiger partial charge in [-0.2, -0.15) is 11.8 Å². The Hall–Kier alpha value is 0.0200. The topological polar surface area (TPSA) is 17.1 Å². The van der Waals surface area contributed by atoms with E-state index in [0.717, 1.165) is 12.0 Å². The standard InChI is InChI=1S/C21H42OS/c1-3-4-5-6-7-8-9-10-11-12-13-14-15-16-17-18-19-23-21(2)20-22/h20-21H,3-19H2,1-2H3.